The quantitative estimate of drug-likeness (QED) is 0.421. The van der Waals surface area contributed by atoms with Crippen LogP contribution in [0.4, 0.5) is 0 Å². The monoisotopic (exact) mass is 440 g/mol. The maximum absolute atomic E-state index is 10.1. The molecule has 0 aromatic carbocycles. The van der Waals surface area contributed by atoms with Gasteiger partial charge in [-0.25, -0.2) is 0 Å². The third-order valence-corrected chi connectivity index (χ3v) is 1.00. The van der Waals surface area contributed by atoms with Crippen molar-refractivity contribution in [3.8, 4) is 0 Å². The second-order valence-corrected chi connectivity index (χ2v) is 2.01. The molecule has 0 radical (unpaired) electrons. The molecule has 1 heterocycles. The maximum atomic E-state index is 10.1. The normalized spacial score (nSPS) is 6.47. The minimum atomic E-state index is -0.906. The number of hydrogen-bond donors (Lipinski definition) is 3. The number of rotatable bonds is 2. The Morgan fingerprint density at radius 3 is 2.20 bits per heavy atom. The molecule has 0 saturated carbocycles. The summed E-state index contributed by atoms with van der Waals surface area (Å²) < 4.78 is 4.64. The second kappa shape index (κ2) is 13.9. The zero-order valence-corrected chi connectivity index (χ0v) is 11.8. The van der Waals surface area contributed by atoms with Crippen LogP contribution >= 0.6 is 0 Å². The largest absolute Gasteiger partial charge is 2.00 e. The van der Waals surface area contributed by atoms with Gasteiger partial charge < -0.3 is 46.7 Å². The van der Waals surface area contributed by atoms with Gasteiger partial charge in [-0.15, -0.1) is 0 Å². The molecule has 0 aliphatic carbocycles. The van der Waals surface area contributed by atoms with Crippen LogP contribution in [0.1, 0.15) is 11.5 Å². The molecule has 1 rings (SSSR count). The number of aryl methyl sites for hydroxylation is 1. The fraction of sp³-hybridized carbons (Fsp3) is 0.333. The number of carboxylic acid groups (broad SMARTS) is 1. The smallest absolute Gasteiger partial charge is 1.00 e. The van der Waals surface area contributed by atoms with E-state index in [4.69, 9.17) is 5.11 Å². The number of halogens is 2. The van der Waals surface area contributed by atoms with Gasteiger partial charge in [-0.1, -0.05) is 5.16 Å². The molecule has 15 heavy (non-hydrogen) atoms. The average molecular weight is 441 g/mol. The van der Waals surface area contributed by atoms with E-state index in [9.17, 15) is 4.79 Å². The van der Waals surface area contributed by atoms with Gasteiger partial charge >= 0.3 is 27.0 Å². The summed E-state index contributed by atoms with van der Waals surface area (Å²) in [5, 5.41) is 11.8. The topological polar surface area (TPSA) is 133 Å². The van der Waals surface area contributed by atoms with E-state index < -0.39 is 5.97 Å². The minimum absolute atomic E-state index is 0. The van der Waals surface area contributed by atoms with Crippen LogP contribution < -0.4 is 37.1 Å². The number of hydrogen-bond acceptors (Lipinski definition) is 5. The Hall–Kier alpha value is -0.132. The summed E-state index contributed by atoms with van der Waals surface area (Å²) in [5.74, 6) is -0.513. The third-order valence-electron chi connectivity index (χ3n) is 1.00. The first-order chi connectivity index (χ1) is 4.68. The first kappa shape index (κ1) is 29.4. The van der Waals surface area contributed by atoms with E-state index >= 15 is 0 Å². The fourth-order valence-corrected chi connectivity index (χ4v) is 0.649. The van der Waals surface area contributed by atoms with Gasteiger partial charge in [0, 0.05) is 6.07 Å². The minimum Gasteiger partial charge on any atom is -1.00 e. The standard InChI is InChI=1S/C6H7NO3.2ClH.2H3N.Pt/c1-4-2-5(10-7-4)3-6(8)9;;;;;/h2H,3H2,1H3,(H,8,9);2*1H;2*1H3;/q;;;;;+2/p-2. The molecule has 0 spiro atoms. The van der Waals surface area contributed by atoms with Crippen molar-refractivity contribution in [2.24, 2.45) is 0 Å². The Bertz CT molecular complexity index is 260. The van der Waals surface area contributed by atoms with Crippen molar-refractivity contribution < 1.29 is 60.3 Å². The zero-order valence-electron chi connectivity index (χ0n) is 7.98. The summed E-state index contributed by atoms with van der Waals surface area (Å²) in [6.07, 6.45) is -0.0964. The van der Waals surface area contributed by atoms with Crippen molar-refractivity contribution >= 4 is 5.97 Å². The summed E-state index contributed by atoms with van der Waals surface area (Å²) in [7, 11) is 0. The molecule has 7 N–H and O–H groups in total. The molecule has 94 valence electrons. The second-order valence-electron chi connectivity index (χ2n) is 2.01. The van der Waals surface area contributed by atoms with E-state index in [1.165, 1.54) is 0 Å². The van der Waals surface area contributed by atoms with Crippen LogP contribution in [-0.4, -0.2) is 16.2 Å². The van der Waals surface area contributed by atoms with E-state index in [1.807, 2.05) is 0 Å². The number of aliphatic carboxylic acids is 1. The van der Waals surface area contributed by atoms with E-state index in [2.05, 4.69) is 9.68 Å². The molecule has 0 saturated heterocycles. The van der Waals surface area contributed by atoms with Gasteiger partial charge in [0.1, 0.15) is 12.2 Å². The van der Waals surface area contributed by atoms with Gasteiger partial charge in [0.15, 0.2) is 0 Å². The van der Waals surface area contributed by atoms with E-state index in [0.29, 0.717) is 11.5 Å². The Balaban J connectivity index is -0.0000000667. The molecular weight excluding hydrogens is 428 g/mol. The molecule has 0 aliphatic rings. The van der Waals surface area contributed by atoms with E-state index in [0.717, 1.165) is 0 Å². The van der Waals surface area contributed by atoms with Crippen molar-refractivity contribution in [2.45, 2.75) is 13.3 Å². The van der Waals surface area contributed by atoms with Crippen molar-refractivity contribution in [2.75, 3.05) is 0 Å². The van der Waals surface area contributed by atoms with Gasteiger partial charge in [0.05, 0.1) is 5.69 Å². The fourth-order valence-electron chi connectivity index (χ4n) is 0.649. The molecule has 1 aromatic rings. The van der Waals surface area contributed by atoms with Crippen molar-refractivity contribution in [1.82, 2.24) is 17.5 Å². The summed E-state index contributed by atoms with van der Waals surface area (Å²) in [5.41, 5.74) is 0.705. The van der Waals surface area contributed by atoms with Gasteiger partial charge in [0.25, 0.3) is 0 Å². The van der Waals surface area contributed by atoms with Crippen molar-refractivity contribution in [3.63, 3.8) is 0 Å². The molecule has 9 heteroatoms. The molecule has 0 amide bonds. The Morgan fingerprint density at radius 1 is 1.47 bits per heavy atom. The first-order valence-corrected chi connectivity index (χ1v) is 2.82. The molecule has 0 atom stereocenters. The Labute approximate surface area is 114 Å². The predicted octanol–water partition coefficient (Wildman–Crippen LogP) is -5.06. The average Bonchev–Trinajstić information content (AvgIpc) is 2.13. The maximum Gasteiger partial charge on any atom is 2.00 e. The van der Waals surface area contributed by atoms with Crippen LogP contribution in [0.3, 0.4) is 0 Å². The third kappa shape index (κ3) is 11.8. The molecule has 6 nitrogen and oxygen atoms in total. The van der Waals surface area contributed by atoms with E-state index in [-0.39, 0.29) is 64.6 Å². The Morgan fingerprint density at radius 2 is 1.93 bits per heavy atom. The molecular formula is C6H13Cl2N3O3Pt. The summed E-state index contributed by atoms with van der Waals surface area (Å²) in [6, 6.07) is 1.61. The molecule has 0 unspecified atom stereocenters. The summed E-state index contributed by atoms with van der Waals surface area (Å²) >= 11 is 0. The molecule has 0 aliphatic heterocycles. The number of aromatic nitrogens is 1. The van der Waals surface area contributed by atoms with Crippen LogP contribution in [0.2, 0.25) is 0 Å². The predicted molar refractivity (Wildman–Crippen MR) is 42.6 cm³/mol. The van der Waals surface area contributed by atoms with E-state index in [1.54, 1.807) is 13.0 Å². The van der Waals surface area contributed by atoms with Crippen LogP contribution in [0.25, 0.3) is 0 Å². The van der Waals surface area contributed by atoms with Crippen LogP contribution in [-0.2, 0) is 32.3 Å². The van der Waals surface area contributed by atoms with Gasteiger partial charge in [-0.2, -0.15) is 0 Å². The molecule has 1 aromatic heterocycles. The zero-order chi connectivity index (χ0) is 7.56. The summed E-state index contributed by atoms with van der Waals surface area (Å²) in [4.78, 5) is 10.1. The Kier molecular flexibility index (Phi) is 27.1. The van der Waals surface area contributed by atoms with Gasteiger partial charge in [0.2, 0.25) is 0 Å². The van der Waals surface area contributed by atoms with Crippen LogP contribution in [0, 0.1) is 6.92 Å². The number of carboxylic acids is 1. The van der Waals surface area contributed by atoms with Crippen molar-refractivity contribution in [3.05, 3.63) is 17.5 Å². The first-order valence-electron chi connectivity index (χ1n) is 2.82. The van der Waals surface area contributed by atoms with Crippen LogP contribution in [0.15, 0.2) is 10.6 Å². The van der Waals surface area contributed by atoms with Crippen molar-refractivity contribution in [1.29, 1.82) is 0 Å². The number of nitrogens with zero attached hydrogens (tertiary/aromatic N) is 1. The molecule has 0 fully saturated rings. The SMILES string of the molecule is Cc1cc(CC(=O)O)on1.N.N.[Cl-].[Cl-].[Pt+2]. The summed E-state index contributed by atoms with van der Waals surface area (Å²) in [6.45, 7) is 1.74. The van der Waals surface area contributed by atoms with Gasteiger partial charge in [-0.05, 0) is 6.92 Å². The van der Waals surface area contributed by atoms with Gasteiger partial charge in [-0.3, -0.25) is 4.79 Å². The molecule has 0 bridgehead atoms. The van der Waals surface area contributed by atoms with Crippen LogP contribution in [0.5, 0.6) is 0 Å². The number of carbonyl (C=O) groups is 1.